The number of nitrogens with zero attached hydrogens (tertiary/aromatic N) is 3. The van der Waals surface area contributed by atoms with Crippen LogP contribution in [0.3, 0.4) is 0 Å². The van der Waals surface area contributed by atoms with E-state index in [0.717, 1.165) is 61.8 Å². The molecule has 0 spiro atoms. The minimum atomic E-state index is -0.590. The lowest BCUT2D eigenvalue weighted by atomic mass is 9.90. The summed E-state index contributed by atoms with van der Waals surface area (Å²) in [5.41, 5.74) is 1.01. The van der Waals surface area contributed by atoms with E-state index in [4.69, 9.17) is 0 Å². The zero-order chi connectivity index (χ0) is 20.3. The van der Waals surface area contributed by atoms with Crippen molar-refractivity contribution < 1.29 is 9.90 Å². The molecule has 5 nitrogen and oxygen atoms in total. The zero-order valence-corrected chi connectivity index (χ0v) is 17.8. The van der Waals surface area contributed by atoms with Crippen molar-refractivity contribution in [1.82, 2.24) is 14.7 Å². The summed E-state index contributed by atoms with van der Waals surface area (Å²) in [6.07, 6.45) is 6.68. The number of piperidine rings is 1. The molecule has 1 aliphatic heterocycles. The number of rotatable bonds is 8. The Hall–Kier alpha value is -1.72. The van der Waals surface area contributed by atoms with Crippen LogP contribution < -0.4 is 0 Å². The van der Waals surface area contributed by atoms with Crippen LogP contribution >= 0.6 is 0 Å². The van der Waals surface area contributed by atoms with E-state index in [1.165, 1.54) is 0 Å². The van der Waals surface area contributed by atoms with Gasteiger partial charge in [-0.15, -0.1) is 0 Å². The van der Waals surface area contributed by atoms with Crippen LogP contribution in [-0.4, -0.2) is 50.8 Å². The number of carbonyl (C=O) groups is 1. The number of aromatic nitrogens is 2. The van der Waals surface area contributed by atoms with Crippen LogP contribution in [0.4, 0.5) is 0 Å². The standard InChI is InChI=1S/C23H35N3O2/c1-17(2)26-16-19-6-5-7-20(22(19)24-26)21(27)9-8-18-10-13-25(14-11-18)15-12-23(3,4)28/h5-7,16-18,28H,8-15H2,1-4H3. The molecule has 0 aliphatic carbocycles. The van der Waals surface area contributed by atoms with Gasteiger partial charge in [-0.2, -0.15) is 5.10 Å². The summed E-state index contributed by atoms with van der Waals surface area (Å²) in [4.78, 5) is 15.3. The summed E-state index contributed by atoms with van der Waals surface area (Å²) in [7, 11) is 0. The van der Waals surface area contributed by atoms with E-state index in [1.54, 1.807) is 0 Å². The van der Waals surface area contributed by atoms with Gasteiger partial charge in [0.2, 0.25) is 0 Å². The minimum absolute atomic E-state index is 0.212. The maximum atomic E-state index is 12.9. The molecule has 0 unspecified atom stereocenters. The van der Waals surface area contributed by atoms with Crippen LogP contribution in [0.5, 0.6) is 0 Å². The van der Waals surface area contributed by atoms with Crippen LogP contribution in [0.1, 0.15) is 76.2 Å². The summed E-state index contributed by atoms with van der Waals surface area (Å²) in [6, 6.07) is 6.20. The van der Waals surface area contributed by atoms with Crippen molar-refractivity contribution in [3.05, 3.63) is 30.0 Å². The van der Waals surface area contributed by atoms with Crippen LogP contribution in [0.15, 0.2) is 24.4 Å². The van der Waals surface area contributed by atoms with Crippen molar-refractivity contribution in [3.8, 4) is 0 Å². The molecule has 0 amide bonds. The maximum Gasteiger partial charge on any atom is 0.165 e. The predicted molar refractivity (Wildman–Crippen MR) is 114 cm³/mol. The van der Waals surface area contributed by atoms with E-state index < -0.39 is 5.60 Å². The molecule has 3 rings (SSSR count). The second kappa shape index (κ2) is 8.75. The second-order valence-electron chi connectivity index (χ2n) is 9.26. The topological polar surface area (TPSA) is 58.4 Å². The smallest absolute Gasteiger partial charge is 0.165 e. The van der Waals surface area contributed by atoms with Gasteiger partial charge in [-0.25, -0.2) is 0 Å². The fourth-order valence-corrected chi connectivity index (χ4v) is 3.95. The number of aliphatic hydroxyl groups is 1. The van der Waals surface area contributed by atoms with Crippen molar-refractivity contribution in [2.75, 3.05) is 19.6 Å². The van der Waals surface area contributed by atoms with Crippen molar-refractivity contribution in [2.24, 2.45) is 5.92 Å². The Labute approximate surface area is 168 Å². The van der Waals surface area contributed by atoms with Crippen LogP contribution in [0.25, 0.3) is 10.9 Å². The third-order valence-corrected chi connectivity index (χ3v) is 5.91. The molecular formula is C23H35N3O2. The summed E-state index contributed by atoms with van der Waals surface area (Å²) in [5.74, 6) is 0.832. The molecule has 1 aromatic heterocycles. The molecule has 2 heterocycles. The van der Waals surface area contributed by atoms with E-state index in [9.17, 15) is 9.90 Å². The van der Waals surface area contributed by atoms with E-state index in [1.807, 2.05) is 42.9 Å². The third kappa shape index (κ3) is 5.42. The maximum absolute atomic E-state index is 12.9. The molecule has 28 heavy (non-hydrogen) atoms. The molecule has 0 bridgehead atoms. The van der Waals surface area contributed by atoms with Crippen LogP contribution in [0, 0.1) is 5.92 Å². The van der Waals surface area contributed by atoms with Gasteiger partial charge >= 0.3 is 0 Å². The molecule has 1 N–H and O–H groups in total. The number of carbonyl (C=O) groups excluding carboxylic acids is 1. The molecule has 0 radical (unpaired) electrons. The van der Waals surface area contributed by atoms with Gasteiger partial charge in [0, 0.05) is 36.2 Å². The Kier molecular flexibility index (Phi) is 6.56. The quantitative estimate of drug-likeness (QED) is 0.682. The largest absolute Gasteiger partial charge is 0.390 e. The molecular weight excluding hydrogens is 350 g/mol. The summed E-state index contributed by atoms with van der Waals surface area (Å²) >= 11 is 0. The predicted octanol–water partition coefficient (Wildman–Crippen LogP) is 4.45. The van der Waals surface area contributed by atoms with E-state index in [-0.39, 0.29) is 11.8 Å². The zero-order valence-electron chi connectivity index (χ0n) is 17.8. The Morgan fingerprint density at radius 2 is 2.00 bits per heavy atom. The lowest BCUT2D eigenvalue weighted by Gasteiger charge is -2.33. The first-order valence-electron chi connectivity index (χ1n) is 10.7. The monoisotopic (exact) mass is 385 g/mol. The molecule has 1 fully saturated rings. The molecule has 2 aromatic rings. The normalized spacial score (nSPS) is 16.9. The first-order valence-corrected chi connectivity index (χ1v) is 10.7. The van der Waals surface area contributed by atoms with E-state index in [2.05, 4.69) is 23.8 Å². The number of benzene rings is 1. The van der Waals surface area contributed by atoms with E-state index in [0.29, 0.717) is 12.3 Å². The summed E-state index contributed by atoms with van der Waals surface area (Å²) < 4.78 is 1.94. The minimum Gasteiger partial charge on any atom is -0.390 e. The first kappa shape index (κ1) is 21.0. The van der Waals surface area contributed by atoms with Crippen LogP contribution in [-0.2, 0) is 0 Å². The Bertz CT molecular complexity index is 796. The molecule has 1 aromatic carbocycles. The summed E-state index contributed by atoms with van der Waals surface area (Å²) in [5, 5.41) is 15.6. The highest BCUT2D eigenvalue weighted by atomic mass is 16.3. The highest BCUT2D eigenvalue weighted by Crippen LogP contribution is 2.26. The van der Waals surface area contributed by atoms with E-state index >= 15 is 0 Å². The summed E-state index contributed by atoms with van der Waals surface area (Å²) in [6.45, 7) is 11.0. The molecule has 0 saturated carbocycles. The average Bonchev–Trinajstić information content (AvgIpc) is 3.09. The Balaban J connectivity index is 1.52. The van der Waals surface area contributed by atoms with Gasteiger partial charge in [0.1, 0.15) is 5.52 Å². The number of hydrogen-bond acceptors (Lipinski definition) is 4. The Morgan fingerprint density at radius 3 is 2.64 bits per heavy atom. The number of likely N-dealkylation sites (tertiary alicyclic amines) is 1. The van der Waals surface area contributed by atoms with Crippen molar-refractivity contribution in [3.63, 3.8) is 0 Å². The first-order chi connectivity index (χ1) is 13.2. The van der Waals surface area contributed by atoms with Crippen LogP contribution in [0.2, 0.25) is 0 Å². The fraction of sp³-hybridized carbons (Fsp3) is 0.652. The SMILES string of the molecule is CC(C)n1cc2cccc(C(=O)CCC3CCN(CCC(C)(C)O)CC3)c2n1. The number of Topliss-reactive ketones (excluding diaryl/α,β-unsaturated/α-hetero) is 1. The van der Waals surface area contributed by atoms with Gasteiger partial charge < -0.3 is 10.0 Å². The molecule has 154 valence electrons. The molecule has 1 aliphatic rings. The van der Waals surface area contributed by atoms with Crippen molar-refractivity contribution >= 4 is 16.7 Å². The van der Waals surface area contributed by atoms with Gasteiger partial charge in [-0.05, 0) is 78.5 Å². The van der Waals surface area contributed by atoms with Gasteiger partial charge in [0.15, 0.2) is 5.78 Å². The highest BCUT2D eigenvalue weighted by molar-refractivity contribution is 6.06. The van der Waals surface area contributed by atoms with Gasteiger partial charge in [0.25, 0.3) is 0 Å². The highest BCUT2D eigenvalue weighted by Gasteiger charge is 2.22. The lowest BCUT2D eigenvalue weighted by Crippen LogP contribution is -2.37. The molecule has 5 heteroatoms. The van der Waals surface area contributed by atoms with Crippen molar-refractivity contribution in [2.45, 2.75) is 71.4 Å². The van der Waals surface area contributed by atoms with Gasteiger partial charge in [-0.1, -0.05) is 12.1 Å². The third-order valence-electron chi connectivity index (χ3n) is 5.91. The van der Waals surface area contributed by atoms with Crippen molar-refractivity contribution in [1.29, 1.82) is 0 Å². The number of fused-ring (bicyclic) bond motifs is 1. The molecule has 0 atom stereocenters. The second-order valence-corrected chi connectivity index (χ2v) is 9.26. The van der Waals surface area contributed by atoms with Gasteiger partial charge in [-0.3, -0.25) is 9.48 Å². The van der Waals surface area contributed by atoms with Gasteiger partial charge in [0.05, 0.1) is 5.60 Å². The fourth-order valence-electron chi connectivity index (χ4n) is 3.95. The average molecular weight is 386 g/mol. The number of ketones is 1. The molecule has 1 saturated heterocycles. The number of hydrogen-bond donors (Lipinski definition) is 1. The Morgan fingerprint density at radius 1 is 1.29 bits per heavy atom. The lowest BCUT2D eigenvalue weighted by molar-refractivity contribution is 0.0515.